The van der Waals surface area contributed by atoms with Crippen LogP contribution < -0.4 is 10.6 Å². The molecule has 3 aromatic rings. The Balaban J connectivity index is 1.74. The van der Waals surface area contributed by atoms with Crippen LogP contribution in [0.15, 0.2) is 54.6 Å². The second-order valence-electron chi connectivity index (χ2n) is 7.20. The number of fused-ring (bicyclic) bond motifs is 1. The monoisotopic (exact) mass is 473 g/mol. The van der Waals surface area contributed by atoms with Crippen LogP contribution in [0, 0.1) is 17.1 Å². The number of rotatable bonds is 3. The highest BCUT2D eigenvalue weighted by atomic mass is 35.5. The molecule has 10 heteroatoms. The first-order valence-electron chi connectivity index (χ1n) is 9.41. The van der Waals surface area contributed by atoms with E-state index in [2.05, 4.69) is 10.6 Å². The zero-order valence-corrected chi connectivity index (χ0v) is 17.2. The molecule has 5 nitrogen and oxygen atoms in total. The third-order valence-electron chi connectivity index (χ3n) is 5.09. The van der Waals surface area contributed by atoms with Gasteiger partial charge in [0.05, 0.1) is 23.2 Å². The van der Waals surface area contributed by atoms with Crippen molar-refractivity contribution in [3.05, 3.63) is 98.8 Å². The van der Waals surface area contributed by atoms with E-state index in [0.29, 0.717) is 34.9 Å². The lowest BCUT2D eigenvalue weighted by atomic mass is 9.95. The predicted molar refractivity (Wildman–Crippen MR) is 111 cm³/mol. The molecule has 0 aromatic heterocycles. The molecule has 0 aliphatic carbocycles. The highest BCUT2D eigenvalue weighted by Crippen LogP contribution is 2.39. The maximum Gasteiger partial charge on any atom is 0.416 e. The molecule has 33 heavy (non-hydrogen) atoms. The molecule has 2 amide bonds. The fourth-order valence-electron chi connectivity index (χ4n) is 3.61. The number of alkyl halides is 3. The van der Waals surface area contributed by atoms with Gasteiger partial charge in [0.25, 0.3) is 11.8 Å². The average molecular weight is 474 g/mol. The number of carbonyl (C=O) groups is 2. The first-order valence-corrected chi connectivity index (χ1v) is 9.78. The third kappa shape index (κ3) is 4.25. The maximum absolute atomic E-state index is 13.7. The van der Waals surface area contributed by atoms with Crippen LogP contribution in [0.1, 0.15) is 49.0 Å². The minimum atomic E-state index is -4.83. The number of anilines is 1. The van der Waals surface area contributed by atoms with Gasteiger partial charge >= 0.3 is 6.18 Å². The molecule has 1 aliphatic heterocycles. The van der Waals surface area contributed by atoms with Crippen LogP contribution >= 0.6 is 11.6 Å². The maximum atomic E-state index is 13.7. The first kappa shape index (κ1) is 22.3. The third-order valence-corrected chi connectivity index (χ3v) is 5.42. The molecule has 0 saturated heterocycles. The van der Waals surface area contributed by atoms with Crippen LogP contribution in [-0.4, -0.2) is 11.8 Å². The molecule has 0 fully saturated rings. The van der Waals surface area contributed by atoms with Gasteiger partial charge in [-0.05, 0) is 48.0 Å². The Hall–Kier alpha value is -3.90. The van der Waals surface area contributed by atoms with Crippen LogP contribution in [0.4, 0.5) is 23.2 Å². The van der Waals surface area contributed by atoms with E-state index in [-0.39, 0.29) is 16.3 Å². The Kier molecular flexibility index (Phi) is 5.56. The Morgan fingerprint density at radius 2 is 1.88 bits per heavy atom. The number of amides is 2. The molecule has 4 rings (SSSR count). The second kappa shape index (κ2) is 8.22. The first-order chi connectivity index (χ1) is 15.6. The molecule has 0 bridgehead atoms. The lowest BCUT2D eigenvalue weighted by Gasteiger charge is -2.18. The zero-order valence-electron chi connectivity index (χ0n) is 16.4. The summed E-state index contributed by atoms with van der Waals surface area (Å²) in [4.78, 5) is 25.2. The minimum Gasteiger partial charge on any atom is -0.341 e. The van der Waals surface area contributed by atoms with Gasteiger partial charge < -0.3 is 10.6 Å². The van der Waals surface area contributed by atoms with Gasteiger partial charge in [0, 0.05) is 27.4 Å². The molecular weight excluding hydrogens is 462 g/mol. The van der Waals surface area contributed by atoms with E-state index >= 15 is 0 Å². The number of nitrogens with one attached hydrogen (secondary N) is 2. The SMILES string of the molecule is N#Cc1ccc(C2NC(=O)c3cccc(NC(=O)c4cc(F)cc(C(F)(F)F)c4)c32)c(Cl)c1. The van der Waals surface area contributed by atoms with Crippen molar-refractivity contribution in [1.82, 2.24) is 5.32 Å². The average Bonchev–Trinajstić information content (AvgIpc) is 3.10. The summed E-state index contributed by atoms with van der Waals surface area (Å²) in [6.45, 7) is 0. The Labute approximate surface area is 189 Å². The summed E-state index contributed by atoms with van der Waals surface area (Å²) in [6.07, 6.45) is -4.83. The summed E-state index contributed by atoms with van der Waals surface area (Å²) in [5, 5.41) is 14.4. The number of hydrogen-bond acceptors (Lipinski definition) is 3. The van der Waals surface area contributed by atoms with E-state index in [1.807, 2.05) is 6.07 Å². The Morgan fingerprint density at radius 1 is 1.12 bits per heavy atom. The number of nitrogens with zero attached hydrogens (tertiary/aromatic N) is 1. The number of benzene rings is 3. The summed E-state index contributed by atoms with van der Waals surface area (Å²) in [5.41, 5.74) is -0.367. The minimum absolute atomic E-state index is 0.138. The van der Waals surface area contributed by atoms with Crippen molar-refractivity contribution in [2.45, 2.75) is 12.2 Å². The van der Waals surface area contributed by atoms with Crippen molar-refractivity contribution in [2.24, 2.45) is 0 Å². The lowest BCUT2D eigenvalue weighted by Crippen LogP contribution is -2.21. The molecule has 1 atom stereocenters. The fraction of sp³-hybridized carbons (Fsp3) is 0.0870. The quantitative estimate of drug-likeness (QED) is 0.496. The highest BCUT2D eigenvalue weighted by Gasteiger charge is 2.35. The summed E-state index contributed by atoms with van der Waals surface area (Å²) in [5.74, 6) is -2.65. The normalized spacial score (nSPS) is 14.9. The Bertz CT molecular complexity index is 1350. The van der Waals surface area contributed by atoms with Crippen molar-refractivity contribution in [2.75, 3.05) is 5.32 Å². The van der Waals surface area contributed by atoms with E-state index in [4.69, 9.17) is 16.9 Å². The molecule has 1 aliphatic rings. The van der Waals surface area contributed by atoms with Gasteiger partial charge in [-0.3, -0.25) is 9.59 Å². The molecule has 166 valence electrons. The van der Waals surface area contributed by atoms with Crippen molar-refractivity contribution < 1.29 is 27.2 Å². The van der Waals surface area contributed by atoms with Gasteiger partial charge in [-0.15, -0.1) is 0 Å². The molecule has 1 unspecified atom stereocenters. The fourth-order valence-corrected chi connectivity index (χ4v) is 3.90. The van der Waals surface area contributed by atoms with E-state index in [9.17, 15) is 27.2 Å². The molecule has 2 N–H and O–H groups in total. The number of hydrogen-bond donors (Lipinski definition) is 2. The van der Waals surface area contributed by atoms with Gasteiger partial charge in [-0.1, -0.05) is 23.7 Å². The molecule has 3 aromatic carbocycles. The van der Waals surface area contributed by atoms with Crippen LogP contribution in [0.5, 0.6) is 0 Å². The van der Waals surface area contributed by atoms with Gasteiger partial charge in [-0.2, -0.15) is 18.4 Å². The van der Waals surface area contributed by atoms with Gasteiger partial charge in [0.1, 0.15) is 5.82 Å². The van der Waals surface area contributed by atoms with Gasteiger partial charge in [0.2, 0.25) is 0 Å². The van der Waals surface area contributed by atoms with Crippen LogP contribution in [0.3, 0.4) is 0 Å². The van der Waals surface area contributed by atoms with Crippen LogP contribution in [-0.2, 0) is 6.18 Å². The van der Waals surface area contributed by atoms with Crippen molar-refractivity contribution in [3.8, 4) is 6.07 Å². The van der Waals surface area contributed by atoms with Gasteiger partial charge in [0.15, 0.2) is 0 Å². The summed E-state index contributed by atoms with van der Waals surface area (Å²) < 4.78 is 52.8. The number of nitriles is 1. The molecule has 0 saturated carbocycles. The standard InChI is InChI=1S/C23H12ClF4N3O2/c24-17-6-11(10-29)4-5-15(17)20-19-16(22(33)31-20)2-1-3-18(19)30-21(32)12-7-13(23(26,27)28)9-14(25)8-12/h1-9,20H,(H,30,32)(H,31,33). The predicted octanol–water partition coefficient (Wildman–Crippen LogP) is 5.45. The Morgan fingerprint density at radius 3 is 2.55 bits per heavy atom. The molecule has 1 heterocycles. The molecule has 0 spiro atoms. The number of carbonyl (C=O) groups excluding carboxylic acids is 2. The van der Waals surface area contributed by atoms with Crippen LogP contribution in [0.25, 0.3) is 0 Å². The van der Waals surface area contributed by atoms with Gasteiger partial charge in [-0.25, -0.2) is 4.39 Å². The van der Waals surface area contributed by atoms with E-state index in [1.54, 1.807) is 6.07 Å². The molecule has 0 radical (unpaired) electrons. The van der Waals surface area contributed by atoms with Crippen molar-refractivity contribution >= 4 is 29.1 Å². The van der Waals surface area contributed by atoms with Crippen molar-refractivity contribution in [3.63, 3.8) is 0 Å². The van der Waals surface area contributed by atoms with E-state index in [0.717, 1.165) is 0 Å². The van der Waals surface area contributed by atoms with E-state index < -0.39 is 41.0 Å². The largest absolute Gasteiger partial charge is 0.416 e. The second-order valence-corrected chi connectivity index (χ2v) is 7.61. The van der Waals surface area contributed by atoms with Crippen LogP contribution in [0.2, 0.25) is 5.02 Å². The number of halogens is 5. The molecular formula is C23H12ClF4N3O2. The summed E-state index contributed by atoms with van der Waals surface area (Å²) in [6, 6.07) is 11.6. The van der Waals surface area contributed by atoms with Crippen molar-refractivity contribution in [1.29, 1.82) is 5.26 Å². The lowest BCUT2D eigenvalue weighted by molar-refractivity contribution is -0.137. The topological polar surface area (TPSA) is 82.0 Å². The van der Waals surface area contributed by atoms with E-state index in [1.165, 1.54) is 30.3 Å². The summed E-state index contributed by atoms with van der Waals surface area (Å²) in [7, 11) is 0. The smallest absolute Gasteiger partial charge is 0.341 e. The summed E-state index contributed by atoms with van der Waals surface area (Å²) >= 11 is 6.30. The highest BCUT2D eigenvalue weighted by molar-refractivity contribution is 6.31. The zero-order chi connectivity index (χ0) is 23.9.